The maximum Gasteiger partial charge on any atom is 0.243 e. The third-order valence-corrected chi connectivity index (χ3v) is 5.35. The van der Waals surface area contributed by atoms with Crippen molar-refractivity contribution in [3.05, 3.63) is 12.4 Å². The van der Waals surface area contributed by atoms with E-state index in [9.17, 15) is 8.42 Å². The summed E-state index contributed by atoms with van der Waals surface area (Å²) in [6.07, 6.45) is 9.00. The fraction of sp³-hybridized carbons (Fsp3) is 0.786. The molecule has 0 aliphatic heterocycles. The van der Waals surface area contributed by atoms with Crippen LogP contribution in [0.2, 0.25) is 0 Å². The molecular formula is C14H26N4O2S. The van der Waals surface area contributed by atoms with Gasteiger partial charge in [-0.3, -0.25) is 4.68 Å². The minimum Gasteiger partial charge on any atom is -0.315 e. The van der Waals surface area contributed by atoms with Gasteiger partial charge in [-0.1, -0.05) is 26.2 Å². The number of aromatic nitrogens is 2. The van der Waals surface area contributed by atoms with E-state index in [0.29, 0.717) is 19.0 Å². The van der Waals surface area contributed by atoms with Crippen molar-refractivity contribution in [3.63, 3.8) is 0 Å². The van der Waals surface area contributed by atoms with Gasteiger partial charge in [0, 0.05) is 19.3 Å². The van der Waals surface area contributed by atoms with E-state index in [1.165, 1.54) is 25.5 Å². The van der Waals surface area contributed by atoms with E-state index >= 15 is 0 Å². The van der Waals surface area contributed by atoms with Gasteiger partial charge in [0.25, 0.3) is 0 Å². The Bertz CT molecular complexity index is 521. The van der Waals surface area contributed by atoms with Crippen LogP contribution in [-0.4, -0.2) is 37.8 Å². The first-order valence-electron chi connectivity index (χ1n) is 7.84. The van der Waals surface area contributed by atoms with E-state index in [0.717, 1.165) is 25.9 Å². The first-order valence-corrected chi connectivity index (χ1v) is 9.33. The number of nitrogens with zero attached hydrogens (tertiary/aromatic N) is 2. The molecule has 0 spiro atoms. The molecule has 1 aromatic rings. The summed E-state index contributed by atoms with van der Waals surface area (Å²) < 4.78 is 28.9. The van der Waals surface area contributed by atoms with Crippen molar-refractivity contribution in [2.24, 2.45) is 5.92 Å². The van der Waals surface area contributed by atoms with Crippen LogP contribution in [0.5, 0.6) is 0 Å². The number of rotatable bonds is 8. The first-order chi connectivity index (χ1) is 10.1. The highest BCUT2D eigenvalue weighted by Crippen LogP contribution is 2.23. The van der Waals surface area contributed by atoms with Crippen molar-refractivity contribution >= 4 is 10.0 Å². The van der Waals surface area contributed by atoms with Gasteiger partial charge < -0.3 is 5.32 Å². The summed E-state index contributed by atoms with van der Waals surface area (Å²) in [6.45, 7) is 4.94. The van der Waals surface area contributed by atoms with Gasteiger partial charge in [-0.2, -0.15) is 5.10 Å². The number of hydrogen-bond acceptors (Lipinski definition) is 4. The zero-order valence-electron chi connectivity index (χ0n) is 12.7. The molecule has 0 aromatic carbocycles. The molecule has 0 atom stereocenters. The largest absolute Gasteiger partial charge is 0.315 e. The Morgan fingerprint density at radius 2 is 2.10 bits per heavy atom. The van der Waals surface area contributed by atoms with E-state index in [1.54, 1.807) is 10.9 Å². The summed E-state index contributed by atoms with van der Waals surface area (Å²) in [5, 5.41) is 7.29. The second-order valence-corrected chi connectivity index (χ2v) is 7.42. The minimum atomic E-state index is -3.42. The highest BCUT2D eigenvalue weighted by atomic mass is 32.2. The van der Waals surface area contributed by atoms with Crippen LogP contribution in [0, 0.1) is 5.92 Å². The molecule has 7 heteroatoms. The molecule has 0 unspecified atom stereocenters. The Hall–Kier alpha value is -0.920. The van der Waals surface area contributed by atoms with Crippen molar-refractivity contribution < 1.29 is 8.42 Å². The molecule has 21 heavy (non-hydrogen) atoms. The molecule has 0 amide bonds. The number of sulfonamides is 1. The van der Waals surface area contributed by atoms with Crippen molar-refractivity contribution in [2.45, 2.75) is 50.5 Å². The van der Waals surface area contributed by atoms with Gasteiger partial charge in [0.1, 0.15) is 4.90 Å². The van der Waals surface area contributed by atoms with Crippen molar-refractivity contribution in [2.75, 3.05) is 19.6 Å². The van der Waals surface area contributed by atoms with Gasteiger partial charge >= 0.3 is 0 Å². The smallest absolute Gasteiger partial charge is 0.243 e. The molecule has 0 saturated heterocycles. The molecule has 1 aliphatic rings. The van der Waals surface area contributed by atoms with E-state index in [2.05, 4.69) is 15.1 Å². The van der Waals surface area contributed by atoms with Crippen LogP contribution >= 0.6 is 0 Å². The van der Waals surface area contributed by atoms with Gasteiger partial charge in [0.05, 0.1) is 12.7 Å². The normalized spacial score (nSPS) is 17.2. The molecule has 0 bridgehead atoms. The summed E-state index contributed by atoms with van der Waals surface area (Å²) in [4.78, 5) is 0.259. The quantitative estimate of drug-likeness (QED) is 0.710. The number of hydrogen-bond donors (Lipinski definition) is 2. The second-order valence-electron chi connectivity index (χ2n) is 5.65. The number of nitrogens with one attached hydrogen (secondary N) is 2. The second kappa shape index (κ2) is 7.91. The predicted octanol–water partition coefficient (Wildman–Crippen LogP) is 1.35. The Kier molecular flexibility index (Phi) is 6.20. The summed E-state index contributed by atoms with van der Waals surface area (Å²) >= 11 is 0. The lowest BCUT2D eigenvalue weighted by Gasteiger charge is -2.21. The topological polar surface area (TPSA) is 76.0 Å². The van der Waals surface area contributed by atoms with E-state index in [4.69, 9.17) is 0 Å². The van der Waals surface area contributed by atoms with Gasteiger partial charge in [0.2, 0.25) is 10.0 Å². The average molecular weight is 314 g/mol. The van der Waals surface area contributed by atoms with E-state index < -0.39 is 10.0 Å². The van der Waals surface area contributed by atoms with Crippen molar-refractivity contribution in [3.8, 4) is 0 Å². The van der Waals surface area contributed by atoms with Gasteiger partial charge in [-0.25, -0.2) is 13.1 Å². The maximum atomic E-state index is 12.2. The molecule has 1 saturated carbocycles. The predicted molar refractivity (Wildman–Crippen MR) is 82.5 cm³/mol. The lowest BCUT2D eigenvalue weighted by atomic mass is 9.90. The molecule has 1 aromatic heterocycles. The summed E-state index contributed by atoms with van der Waals surface area (Å²) in [5.41, 5.74) is 0. The van der Waals surface area contributed by atoms with Crippen LogP contribution in [0.15, 0.2) is 17.3 Å². The third kappa shape index (κ3) is 5.09. The molecule has 1 aliphatic carbocycles. The first kappa shape index (κ1) is 16.5. The molecule has 2 rings (SSSR count). The van der Waals surface area contributed by atoms with Gasteiger partial charge in [-0.05, 0) is 25.3 Å². The van der Waals surface area contributed by atoms with Gasteiger partial charge in [0.15, 0.2) is 0 Å². The molecule has 2 N–H and O–H groups in total. The highest BCUT2D eigenvalue weighted by Gasteiger charge is 2.20. The van der Waals surface area contributed by atoms with E-state index in [1.807, 2.05) is 6.92 Å². The fourth-order valence-corrected chi connectivity index (χ4v) is 3.75. The van der Waals surface area contributed by atoms with Crippen LogP contribution in [0.25, 0.3) is 0 Å². The Morgan fingerprint density at radius 3 is 2.81 bits per heavy atom. The molecule has 0 radical (unpaired) electrons. The Labute approximate surface area is 127 Å². The van der Waals surface area contributed by atoms with Crippen LogP contribution < -0.4 is 10.0 Å². The van der Waals surface area contributed by atoms with Crippen molar-refractivity contribution in [1.82, 2.24) is 19.8 Å². The monoisotopic (exact) mass is 314 g/mol. The molecular weight excluding hydrogens is 288 g/mol. The third-order valence-electron chi connectivity index (χ3n) is 3.97. The SMILES string of the molecule is CCNCCn1cc(S(=O)(=O)NCC2CCCCC2)cn1. The van der Waals surface area contributed by atoms with Crippen LogP contribution in [0.3, 0.4) is 0 Å². The Balaban J connectivity index is 1.86. The number of likely N-dealkylation sites (N-methyl/N-ethyl adjacent to an activating group) is 1. The molecule has 1 fully saturated rings. The lowest BCUT2D eigenvalue weighted by Crippen LogP contribution is -2.30. The molecule has 6 nitrogen and oxygen atoms in total. The fourth-order valence-electron chi connectivity index (χ4n) is 2.68. The minimum absolute atomic E-state index is 0.259. The summed E-state index contributed by atoms with van der Waals surface area (Å²) in [5.74, 6) is 0.484. The average Bonchev–Trinajstić information content (AvgIpc) is 2.96. The van der Waals surface area contributed by atoms with Crippen LogP contribution in [-0.2, 0) is 16.6 Å². The summed E-state index contributed by atoms with van der Waals surface area (Å²) in [7, 11) is -3.42. The summed E-state index contributed by atoms with van der Waals surface area (Å²) in [6, 6.07) is 0. The zero-order chi connectivity index (χ0) is 15.1. The molecule has 1 heterocycles. The Morgan fingerprint density at radius 1 is 1.33 bits per heavy atom. The van der Waals surface area contributed by atoms with Crippen molar-refractivity contribution in [1.29, 1.82) is 0 Å². The van der Waals surface area contributed by atoms with Crippen LogP contribution in [0.4, 0.5) is 0 Å². The van der Waals surface area contributed by atoms with Crippen LogP contribution in [0.1, 0.15) is 39.0 Å². The zero-order valence-corrected chi connectivity index (χ0v) is 13.5. The maximum absolute atomic E-state index is 12.2. The van der Waals surface area contributed by atoms with Gasteiger partial charge in [-0.15, -0.1) is 0 Å². The molecule has 120 valence electrons. The lowest BCUT2D eigenvalue weighted by molar-refractivity contribution is 0.357. The highest BCUT2D eigenvalue weighted by molar-refractivity contribution is 7.89. The standard InChI is InChI=1S/C14H26N4O2S/c1-2-15-8-9-18-12-14(11-16-18)21(19,20)17-10-13-6-4-3-5-7-13/h11-13,15,17H,2-10H2,1H3. The van der Waals surface area contributed by atoms with E-state index in [-0.39, 0.29) is 4.90 Å².